The topological polar surface area (TPSA) is 38.7 Å². The van der Waals surface area contributed by atoms with Crippen LogP contribution < -0.4 is 0 Å². The van der Waals surface area contributed by atoms with Gasteiger partial charge in [-0.3, -0.25) is 0 Å². The van der Waals surface area contributed by atoms with E-state index in [9.17, 15) is 0 Å². The Morgan fingerprint density at radius 2 is 1.38 bits per heavy atom. The van der Waals surface area contributed by atoms with E-state index in [0.29, 0.717) is 18.4 Å². The lowest BCUT2D eigenvalue weighted by Gasteiger charge is -2.22. The average molecular weight is 397 g/mol. The number of ether oxygens (including phenoxy) is 2. The van der Waals surface area contributed by atoms with E-state index in [2.05, 4.69) is 12.1 Å². The van der Waals surface area contributed by atoms with Crippen LogP contribution >= 0.6 is 23.2 Å². The second-order valence-corrected chi connectivity index (χ2v) is 6.70. The molecule has 3 rings (SSSR count). The molecule has 2 aromatic rings. The van der Waals surface area contributed by atoms with Crippen molar-refractivity contribution in [3.05, 3.63) is 70.8 Å². The molecule has 0 aliphatic carbocycles. The Balaban J connectivity index is 0.000000209. The van der Waals surface area contributed by atoms with Gasteiger partial charge in [0.15, 0.2) is 6.29 Å². The summed E-state index contributed by atoms with van der Waals surface area (Å²) in [7, 11) is 0. The summed E-state index contributed by atoms with van der Waals surface area (Å²) in [5.41, 5.74) is 4.31. The maximum Gasteiger partial charge on any atom is 0.158 e. The molecule has 1 aliphatic heterocycles. The Kier molecular flexibility index (Phi) is 10.0. The minimum Gasteiger partial charge on any atom is -0.392 e. The Labute approximate surface area is 165 Å². The van der Waals surface area contributed by atoms with Crippen molar-refractivity contribution < 1.29 is 14.6 Å². The number of hydrogen-bond donors (Lipinski definition) is 1. The number of hydrogen-bond acceptors (Lipinski definition) is 3. The first kappa shape index (κ1) is 21.2. The van der Waals surface area contributed by atoms with E-state index in [0.717, 1.165) is 36.1 Å². The van der Waals surface area contributed by atoms with E-state index >= 15 is 0 Å². The van der Waals surface area contributed by atoms with Crippen LogP contribution in [0.4, 0.5) is 0 Å². The van der Waals surface area contributed by atoms with Crippen molar-refractivity contribution in [2.24, 2.45) is 0 Å². The number of benzene rings is 2. The smallest absolute Gasteiger partial charge is 0.158 e. The minimum atomic E-state index is -0.0125. The molecule has 1 aliphatic rings. The molecule has 142 valence electrons. The van der Waals surface area contributed by atoms with Gasteiger partial charge in [-0.15, -0.1) is 23.2 Å². The highest BCUT2D eigenvalue weighted by molar-refractivity contribution is 6.17. The molecule has 2 aromatic carbocycles. The molecule has 0 aromatic heterocycles. The molecule has 1 unspecified atom stereocenters. The third kappa shape index (κ3) is 7.65. The zero-order valence-electron chi connectivity index (χ0n) is 14.9. The molecule has 1 atom stereocenters. The average Bonchev–Trinajstić information content (AvgIpc) is 2.74. The number of aliphatic hydroxyl groups is 1. The highest BCUT2D eigenvalue weighted by Crippen LogP contribution is 2.16. The molecule has 1 N–H and O–H groups in total. The monoisotopic (exact) mass is 396 g/mol. The van der Waals surface area contributed by atoms with Crippen molar-refractivity contribution in [1.29, 1.82) is 0 Å². The van der Waals surface area contributed by atoms with Gasteiger partial charge in [0.05, 0.1) is 13.2 Å². The van der Waals surface area contributed by atoms with Crippen LogP contribution in [0.5, 0.6) is 0 Å². The van der Waals surface area contributed by atoms with Gasteiger partial charge in [-0.2, -0.15) is 0 Å². The van der Waals surface area contributed by atoms with Gasteiger partial charge in [-0.25, -0.2) is 0 Å². The van der Waals surface area contributed by atoms with Gasteiger partial charge >= 0.3 is 0 Å². The summed E-state index contributed by atoms with van der Waals surface area (Å²) in [5, 5.41) is 8.67. The maximum atomic E-state index is 8.67. The van der Waals surface area contributed by atoms with Crippen molar-refractivity contribution in [1.82, 2.24) is 0 Å². The summed E-state index contributed by atoms with van der Waals surface area (Å²) in [6.45, 7) is 1.55. The molecule has 0 saturated carbocycles. The van der Waals surface area contributed by atoms with E-state index in [-0.39, 0.29) is 12.9 Å². The van der Waals surface area contributed by atoms with Gasteiger partial charge in [0.25, 0.3) is 0 Å². The molecule has 0 spiro atoms. The van der Waals surface area contributed by atoms with Gasteiger partial charge in [0.2, 0.25) is 0 Å². The summed E-state index contributed by atoms with van der Waals surface area (Å²) in [5.74, 6) is 1.10. The quantitative estimate of drug-likeness (QED) is 0.665. The van der Waals surface area contributed by atoms with Crippen LogP contribution in [0, 0.1) is 0 Å². The largest absolute Gasteiger partial charge is 0.392 e. The van der Waals surface area contributed by atoms with Crippen LogP contribution in [0.15, 0.2) is 48.5 Å². The minimum absolute atomic E-state index is 0.0125. The molecule has 0 radical (unpaired) electrons. The van der Waals surface area contributed by atoms with Crippen LogP contribution in [0.3, 0.4) is 0 Å². The van der Waals surface area contributed by atoms with Gasteiger partial charge in [-0.1, -0.05) is 48.5 Å². The lowest BCUT2D eigenvalue weighted by Crippen LogP contribution is -2.21. The molecule has 0 amide bonds. The fraction of sp³-hybridized carbons (Fsp3) is 0.429. The molecule has 26 heavy (non-hydrogen) atoms. The van der Waals surface area contributed by atoms with Crippen LogP contribution in [-0.4, -0.2) is 18.0 Å². The van der Waals surface area contributed by atoms with Crippen molar-refractivity contribution in [3.8, 4) is 0 Å². The number of aliphatic hydroxyl groups excluding tert-OH is 1. The number of halogens is 2. The molecule has 1 saturated heterocycles. The molecule has 0 bridgehead atoms. The first-order valence-electron chi connectivity index (χ1n) is 8.86. The van der Waals surface area contributed by atoms with Crippen molar-refractivity contribution >= 4 is 23.2 Å². The first-order valence-corrected chi connectivity index (χ1v) is 9.93. The van der Waals surface area contributed by atoms with Gasteiger partial charge in [0.1, 0.15) is 0 Å². The summed E-state index contributed by atoms with van der Waals surface area (Å²) < 4.78 is 11.2. The van der Waals surface area contributed by atoms with Gasteiger partial charge < -0.3 is 14.6 Å². The van der Waals surface area contributed by atoms with Crippen molar-refractivity contribution in [2.75, 3.05) is 6.61 Å². The van der Waals surface area contributed by atoms with Crippen molar-refractivity contribution in [2.45, 2.75) is 50.5 Å². The highest BCUT2D eigenvalue weighted by atomic mass is 35.5. The predicted molar refractivity (Wildman–Crippen MR) is 106 cm³/mol. The van der Waals surface area contributed by atoms with Gasteiger partial charge in [0, 0.05) is 18.4 Å². The Bertz CT molecular complexity index is 585. The fourth-order valence-corrected chi connectivity index (χ4v) is 2.85. The standard InChI is InChI=1S/C13H17ClO2.C8H9ClO/c14-9-11-4-6-12(7-5-11)10-16-13-3-1-2-8-15-13;9-5-7-1-3-8(6-10)4-2-7/h4-7,13H,1-3,8-10H2;1-4,10H,5-6H2. The normalized spacial score (nSPS) is 16.7. The van der Waals surface area contributed by atoms with E-state index in [4.69, 9.17) is 37.8 Å². The zero-order chi connectivity index (χ0) is 18.6. The molecule has 3 nitrogen and oxygen atoms in total. The molecule has 1 heterocycles. The number of rotatable bonds is 6. The second kappa shape index (κ2) is 12.3. The van der Waals surface area contributed by atoms with E-state index in [1.807, 2.05) is 36.4 Å². The van der Waals surface area contributed by atoms with Crippen molar-refractivity contribution in [3.63, 3.8) is 0 Å². The fourth-order valence-electron chi connectivity index (χ4n) is 2.49. The highest BCUT2D eigenvalue weighted by Gasteiger charge is 2.13. The summed E-state index contributed by atoms with van der Waals surface area (Å²) >= 11 is 11.3. The SMILES string of the molecule is ClCc1ccc(COC2CCCCO2)cc1.OCc1ccc(CCl)cc1. The van der Waals surface area contributed by atoms with E-state index in [1.54, 1.807) is 0 Å². The summed E-state index contributed by atoms with van der Waals surface area (Å²) in [6.07, 6.45) is 3.36. The predicted octanol–water partition coefficient (Wildman–Crippen LogP) is 5.39. The Hall–Kier alpha value is -1.10. The lowest BCUT2D eigenvalue weighted by molar-refractivity contribution is -0.168. The summed E-state index contributed by atoms with van der Waals surface area (Å²) in [6, 6.07) is 15.8. The van der Waals surface area contributed by atoms with E-state index in [1.165, 1.54) is 12.0 Å². The van der Waals surface area contributed by atoms with Crippen LogP contribution in [0.2, 0.25) is 0 Å². The second-order valence-electron chi connectivity index (χ2n) is 6.17. The molecular formula is C21H26Cl2O3. The zero-order valence-corrected chi connectivity index (χ0v) is 16.4. The molecular weight excluding hydrogens is 371 g/mol. The molecule has 5 heteroatoms. The third-order valence-corrected chi connectivity index (χ3v) is 4.73. The van der Waals surface area contributed by atoms with Crippen LogP contribution in [-0.2, 0) is 34.4 Å². The van der Waals surface area contributed by atoms with Crippen LogP contribution in [0.25, 0.3) is 0 Å². The first-order chi connectivity index (χ1) is 12.7. The Morgan fingerprint density at radius 3 is 1.85 bits per heavy atom. The van der Waals surface area contributed by atoms with E-state index < -0.39 is 0 Å². The van der Waals surface area contributed by atoms with Crippen LogP contribution in [0.1, 0.15) is 41.5 Å². The lowest BCUT2D eigenvalue weighted by atomic mass is 10.1. The third-order valence-electron chi connectivity index (χ3n) is 4.11. The molecule has 1 fully saturated rings. The Morgan fingerprint density at radius 1 is 0.846 bits per heavy atom. The maximum absolute atomic E-state index is 8.67. The number of alkyl halides is 2. The van der Waals surface area contributed by atoms with Gasteiger partial charge in [-0.05, 0) is 41.5 Å². The summed E-state index contributed by atoms with van der Waals surface area (Å²) in [4.78, 5) is 0.